The monoisotopic (exact) mass is 448 g/mol. The Hall–Kier alpha value is -3.87. The van der Waals surface area contributed by atoms with Crippen molar-refractivity contribution in [3.8, 4) is 5.75 Å². The Morgan fingerprint density at radius 1 is 0.727 bits per heavy atom. The molecule has 3 aromatic rings. The van der Waals surface area contributed by atoms with E-state index in [0.717, 1.165) is 23.6 Å². The summed E-state index contributed by atoms with van der Waals surface area (Å²) in [4.78, 5) is 35.6. The average molecular weight is 449 g/mol. The molecule has 0 aliphatic carbocycles. The van der Waals surface area contributed by atoms with Crippen LogP contribution in [0, 0.1) is 0 Å². The molecule has 7 heteroatoms. The van der Waals surface area contributed by atoms with Gasteiger partial charge in [0.15, 0.2) is 6.61 Å². The highest BCUT2D eigenvalue weighted by atomic mass is 16.5. The number of carbonyl (C=O) groups is 3. The third kappa shape index (κ3) is 8.29. The molecule has 0 aromatic heterocycles. The third-order valence-corrected chi connectivity index (χ3v) is 4.95. The Labute approximate surface area is 193 Å². The summed E-state index contributed by atoms with van der Waals surface area (Å²) >= 11 is 0. The normalized spacial score (nSPS) is 10.4. The van der Waals surface area contributed by atoms with Gasteiger partial charge in [-0.15, -0.1) is 0 Å². The van der Waals surface area contributed by atoms with Gasteiger partial charge in [0.2, 0.25) is 5.91 Å². The van der Waals surface area contributed by atoms with Crippen molar-refractivity contribution in [2.24, 2.45) is 0 Å². The number of amides is 2. The van der Waals surface area contributed by atoms with Gasteiger partial charge in [0.05, 0.1) is 6.61 Å². The van der Waals surface area contributed by atoms with E-state index in [0.29, 0.717) is 18.8 Å². The lowest BCUT2D eigenvalue weighted by atomic mass is 10.1. The van der Waals surface area contributed by atoms with Crippen LogP contribution in [0.15, 0.2) is 72.8 Å². The number of carbonyl (C=O) groups excluding carboxylic acids is 3. The van der Waals surface area contributed by atoms with Crippen molar-refractivity contribution in [3.63, 3.8) is 0 Å². The summed E-state index contributed by atoms with van der Waals surface area (Å²) in [5.74, 6) is -0.597. The first-order chi connectivity index (χ1) is 16.1. The molecule has 0 fully saturated rings. The Bertz CT molecular complexity index is 1060. The zero-order chi connectivity index (χ0) is 23.3. The van der Waals surface area contributed by atoms with Crippen LogP contribution in [0.2, 0.25) is 0 Å². The van der Waals surface area contributed by atoms with Gasteiger partial charge in [-0.3, -0.25) is 25.2 Å². The molecule has 0 atom stereocenters. The highest BCUT2D eigenvalue weighted by molar-refractivity contribution is 5.89. The number of nitrogens with one attached hydrogen (secondary N) is 2. The summed E-state index contributed by atoms with van der Waals surface area (Å²) in [6.07, 6.45) is 2.19. The largest absolute Gasteiger partial charge is 0.483 e. The van der Waals surface area contributed by atoms with Gasteiger partial charge in [-0.25, -0.2) is 0 Å². The van der Waals surface area contributed by atoms with Crippen LogP contribution in [-0.4, -0.2) is 31.0 Å². The van der Waals surface area contributed by atoms with Crippen molar-refractivity contribution < 1.29 is 23.9 Å². The van der Waals surface area contributed by atoms with E-state index >= 15 is 0 Å². The van der Waals surface area contributed by atoms with Gasteiger partial charge in [-0.2, -0.15) is 0 Å². The summed E-state index contributed by atoms with van der Waals surface area (Å²) < 4.78 is 10.8. The number of fused-ring (bicyclic) bond motifs is 1. The molecule has 0 heterocycles. The fourth-order valence-electron chi connectivity index (χ4n) is 3.28. The molecule has 0 unspecified atom stereocenters. The molecule has 2 N–H and O–H groups in total. The van der Waals surface area contributed by atoms with Crippen LogP contribution >= 0.6 is 0 Å². The molecule has 7 nitrogen and oxygen atoms in total. The minimum Gasteiger partial charge on any atom is -0.483 e. The lowest BCUT2D eigenvalue weighted by Gasteiger charge is -2.10. The topological polar surface area (TPSA) is 93.7 Å². The van der Waals surface area contributed by atoms with Crippen molar-refractivity contribution in [2.45, 2.75) is 32.1 Å². The first-order valence-corrected chi connectivity index (χ1v) is 11.0. The van der Waals surface area contributed by atoms with Crippen LogP contribution < -0.4 is 15.6 Å². The zero-order valence-corrected chi connectivity index (χ0v) is 18.4. The average Bonchev–Trinajstić information content (AvgIpc) is 2.84. The highest BCUT2D eigenvalue weighted by Crippen LogP contribution is 2.24. The number of hydrogen-bond donors (Lipinski definition) is 2. The van der Waals surface area contributed by atoms with E-state index in [2.05, 4.69) is 10.9 Å². The quantitative estimate of drug-likeness (QED) is 0.265. The highest BCUT2D eigenvalue weighted by Gasteiger charge is 2.09. The second-order valence-electron chi connectivity index (χ2n) is 7.53. The van der Waals surface area contributed by atoms with Crippen LogP contribution in [0.25, 0.3) is 10.8 Å². The summed E-state index contributed by atoms with van der Waals surface area (Å²) in [6.45, 7) is 0.121. The van der Waals surface area contributed by atoms with Gasteiger partial charge in [0.1, 0.15) is 5.75 Å². The van der Waals surface area contributed by atoms with Crippen LogP contribution in [0.4, 0.5) is 0 Å². The zero-order valence-electron chi connectivity index (χ0n) is 18.4. The van der Waals surface area contributed by atoms with Crippen molar-refractivity contribution in [2.75, 3.05) is 13.2 Å². The SMILES string of the molecule is O=C(CCCC(=O)OCCCc1ccccc1)NNC(=O)COc1cccc2ccccc12. The van der Waals surface area contributed by atoms with Gasteiger partial charge in [0, 0.05) is 18.2 Å². The summed E-state index contributed by atoms with van der Waals surface area (Å²) in [5.41, 5.74) is 5.85. The van der Waals surface area contributed by atoms with Crippen molar-refractivity contribution in [1.29, 1.82) is 0 Å². The molecule has 0 radical (unpaired) electrons. The summed E-state index contributed by atoms with van der Waals surface area (Å²) in [6, 6.07) is 23.3. The molecule has 3 rings (SSSR count). The molecule has 0 aliphatic heterocycles. The van der Waals surface area contributed by atoms with Gasteiger partial charge < -0.3 is 9.47 Å². The van der Waals surface area contributed by atoms with Crippen LogP contribution in [0.3, 0.4) is 0 Å². The number of hydrogen-bond acceptors (Lipinski definition) is 5. The van der Waals surface area contributed by atoms with E-state index in [-0.39, 0.29) is 31.3 Å². The molecule has 0 saturated heterocycles. The molecule has 0 spiro atoms. The molecule has 3 aromatic carbocycles. The summed E-state index contributed by atoms with van der Waals surface area (Å²) in [5, 5.41) is 1.92. The summed E-state index contributed by atoms with van der Waals surface area (Å²) in [7, 11) is 0. The standard InChI is InChI=1S/C26H28N2O5/c29-24(16-7-17-26(31)32-18-8-11-20-9-2-1-3-10-20)27-28-25(30)19-33-23-15-6-13-21-12-4-5-14-22(21)23/h1-6,9-10,12-15H,7-8,11,16-19H2,(H,27,29)(H,28,30). The predicted molar refractivity (Wildman–Crippen MR) is 125 cm³/mol. The maximum Gasteiger partial charge on any atom is 0.305 e. The minimum atomic E-state index is -0.478. The van der Waals surface area contributed by atoms with Crippen molar-refractivity contribution >= 4 is 28.6 Å². The van der Waals surface area contributed by atoms with E-state index < -0.39 is 5.91 Å². The second-order valence-corrected chi connectivity index (χ2v) is 7.53. The fourth-order valence-corrected chi connectivity index (χ4v) is 3.28. The Morgan fingerprint density at radius 2 is 1.45 bits per heavy atom. The number of hydrazine groups is 1. The van der Waals surface area contributed by atoms with Gasteiger partial charge >= 0.3 is 5.97 Å². The maximum atomic E-state index is 12.0. The first-order valence-electron chi connectivity index (χ1n) is 11.0. The van der Waals surface area contributed by atoms with Crippen LogP contribution in [0.5, 0.6) is 5.75 Å². The third-order valence-electron chi connectivity index (χ3n) is 4.95. The van der Waals surface area contributed by atoms with Crippen molar-refractivity contribution in [1.82, 2.24) is 10.9 Å². The fraction of sp³-hybridized carbons (Fsp3) is 0.269. The number of esters is 1. The van der Waals surface area contributed by atoms with Crippen molar-refractivity contribution in [3.05, 3.63) is 78.4 Å². The van der Waals surface area contributed by atoms with Gasteiger partial charge in [-0.1, -0.05) is 66.7 Å². The predicted octanol–water partition coefficient (Wildman–Crippen LogP) is 3.71. The van der Waals surface area contributed by atoms with Crippen LogP contribution in [-0.2, 0) is 25.5 Å². The molecule has 0 bridgehead atoms. The van der Waals surface area contributed by atoms with E-state index in [9.17, 15) is 14.4 Å². The van der Waals surface area contributed by atoms with E-state index in [4.69, 9.17) is 9.47 Å². The van der Waals surface area contributed by atoms with E-state index in [1.165, 1.54) is 5.56 Å². The van der Waals surface area contributed by atoms with E-state index in [1.54, 1.807) is 6.07 Å². The number of benzene rings is 3. The molecule has 172 valence electrons. The van der Waals surface area contributed by atoms with Crippen LogP contribution in [0.1, 0.15) is 31.2 Å². The molecule has 0 aliphatic rings. The Morgan fingerprint density at radius 3 is 2.30 bits per heavy atom. The molecular formula is C26H28N2O5. The molecule has 2 amide bonds. The first kappa shape index (κ1) is 23.8. The second kappa shape index (κ2) is 12.9. The molecule has 33 heavy (non-hydrogen) atoms. The van der Waals surface area contributed by atoms with Gasteiger partial charge in [0.25, 0.3) is 5.91 Å². The number of rotatable bonds is 11. The number of ether oxygens (including phenoxy) is 2. The number of aryl methyl sites for hydroxylation is 1. The maximum absolute atomic E-state index is 12.0. The Balaban J connectivity index is 1.24. The molecule has 0 saturated carbocycles. The minimum absolute atomic E-state index is 0.101. The Kier molecular flexibility index (Phi) is 9.27. The lowest BCUT2D eigenvalue weighted by Crippen LogP contribution is -2.43. The van der Waals surface area contributed by atoms with E-state index in [1.807, 2.05) is 66.7 Å². The lowest BCUT2D eigenvalue weighted by molar-refractivity contribution is -0.144. The molecular weight excluding hydrogens is 420 g/mol. The smallest absolute Gasteiger partial charge is 0.305 e. The van der Waals surface area contributed by atoms with Gasteiger partial charge in [-0.05, 0) is 36.3 Å².